The van der Waals surface area contributed by atoms with Crippen LogP contribution in [0.4, 0.5) is 0 Å². The number of benzene rings is 2. The molecule has 0 saturated carbocycles. The van der Waals surface area contributed by atoms with E-state index in [1.807, 2.05) is 54.6 Å². The molecule has 148 valence electrons. The normalized spacial score (nSPS) is 10.6. The molecule has 0 atom stereocenters. The number of hydrogen-bond donors (Lipinski definition) is 0. The third-order valence-corrected chi connectivity index (χ3v) is 4.68. The fourth-order valence-corrected chi connectivity index (χ4v) is 3.30. The van der Waals surface area contributed by atoms with Gasteiger partial charge in [-0.25, -0.2) is 14.6 Å². The van der Waals surface area contributed by atoms with Gasteiger partial charge in [0.15, 0.2) is 0 Å². The van der Waals surface area contributed by atoms with Crippen LogP contribution in [-0.2, 0) is 16.1 Å². The average Bonchev–Trinajstić information content (AvgIpc) is 2.82. The number of fused-ring (bicyclic) bond motifs is 1. The van der Waals surface area contributed by atoms with E-state index in [0.29, 0.717) is 22.3 Å². The number of carbonyl (C=O) groups excluding carboxylic acids is 2. The van der Waals surface area contributed by atoms with Gasteiger partial charge in [0.1, 0.15) is 6.61 Å². The lowest BCUT2D eigenvalue weighted by atomic mass is 9.94. The van der Waals surface area contributed by atoms with Gasteiger partial charge in [0, 0.05) is 23.3 Å². The van der Waals surface area contributed by atoms with Crippen LogP contribution < -0.4 is 0 Å². The van der Waals surface area contributed by atoms with Crippen LogP contribution in [0.15, 0.2) is 79.1 Å². The summed E-state index contributed by atoms with van der Waals surface area (Å²) in [7, 11) is 1.32. The van der Waals surface area contributed by atoms with Gasteiger partial charge < -0.3 is 9.47 Å². The number of pyridine rings is 2. The zero-order chi connectivity index (χ0) is 20.9. The maximum Gasteiger partial charge on any atom is 0.340 e. The van der Waals surface area contributed by atoms with Gasteiger partial charge in [-0.2, -0.15) is 0 Å². The lowest BCUT2D eigenvalue weighted by Gasteiger charge is -2.16. The van der Waals surface area contributed by atoms with E-state index in [4.69, 9.17) is 9.47 Å². The summed E-state index contributed by atoms with van der Waals surface area (Å²) in [4.78, 5) is 33.7. The Kier molecular flexibility index (Phi) is 5.48. The number of esters is 2. The number of para-hydroxylation sites is 1. The highest BCUT2D eigenvalue weighted by molar-refractivity contribution is 6.07. The third-order valence-electron chi connectivity index (χ3n) is 4.68. The number of hydrogen-bond acceptors (Lipinski definition) is 6. The molecule has 0 aliphatic carbocycles. The van der Waals surface area contributed by atoms with Crippen LogP contribution in [0, 0.1) is 0 Å². The SMILES string of the molecule is COC(=O)c1c(COC(=O)c2ccncc2)nc2ccccc2c1-c1ccccc1. The highest BCUT2D eigenvalue weighted by Gasteiger charge is 2.24. The smallest absolute Gasteiger partial charge is 0.340 e. The zero-order valence-corrected chi connectivity index (χ0v) is 16.2. The molecule has 0 aliphatic rings. The van der Waals surface area contributed by atoms with Crippen LogP contribution in [0.5, 0.6) is 0 Å². The second-order valence-corrected chi connectivity index (χ2v) is 6.50. The fraction of sp³-hybridized carbons (Fsp3) is 0.0833. The molecule has 2 aromatic heterocycles. The van der Waals surface area contributed by atoms with Gasteiger partial charge in [0.05, 0.1) is 29.4 Å². The van der Waals surface area contributed by atoms with E-state index in [1.165, 1.54) is 19.5 Å². The second-order valence-electron chi connectivity index (χ2n) is 6.50. The van der Waals surface area contributed by atoms with Crippen molar-refractivity contribution in [2.75, 3.05) is 7.11 Å². The molecule has 30 heavy (non-hydrogen) atoms. The molecule has 4 rings (SSSR count). The van der Waals surface area contributed by atoms with Crippen molar-refractivity contribution in [2.45, 2.75) is 6.61 Å². The zero-order valence-electron chi connectivity index (χ0n) is 16.2. The first kappa shape index (κ1) is 19.3. The molecule has 0 amide bonds. The summed E-state index contributed by atoms with van der Waals surface area (Å²) in [5.74, 6) is -1.06. The van der Waals surface area contributed by atoms with Crippen LogP contribution in [0.3, 0.4) is 0 Å². The summed E-state index contributed by atoms with van der Waals surface area (Å²) in [5.41, 5.74) is 3.22. The maximum absolute atomic E-state index is 12.8. The molecule has 0 radical (unpaired) electrons. The Morgan fingerprint density at radius 2 is 1.57 bits per heavy atom. The highest BCUT2D eigenvalue weighted by atomic mass is 16.5. The van der Waals surface area contributed by atoms with Gasteiger partial charge in [0.2, 0.25) is 0 Å². The summed E-state index contributed by atoms with van der Waals surface area (Å²) < 4.78 is 10.5. The third kappa shape index (κ3) is 3.75. The first-order chi connectivity index (χ1) is 14.7. The topological polar surface area (TPSA) is 78.4 Å². The van der Waals surface area contributed by atoms with Gasteiger partial charge in [0.25, 0.3) is 0 Å². The molecule has 2 heterocycles. The number of carbonyl (C=O) groups is 2. The minimum Gasteiger partial charge on any atom is -0.465 e. The van der Waals surface area contributed by atoms with E-state index in [9.17, 15) is 9.59 Å². The fourth-order valence-electron chi connectivity index (χ4n) is 3.30. The van der Waals surface area contributed by atoms with Crippen molar-refractivity contribution in [2.24, 2.45) is 0 Å². The molecule has 6 nitrogen and oxygen atoms in total. The number of methoxy groups -OCH3 is 1. The predicted octanol–water partition coefficient (Wildman–Crippen LogP) is 4.44. The van der Waals surface area contributed by atoms with E-state index in [2.05, 4.69) is 9.97 Å². The lowest BCUT2D eigenvalue weighted by Crippen LogP contribution is -2.14. The molecule has 2 aromatic carbocycles. The number of rotatable bonds is 5. The predicted molar refractivity (Wildman–Crippen MR) is 112 cm³/mol. The molecule has 0 saturated heterocycles. The van der Waals surface area contributed by atoms with Gasteiger partial charge in [-0.3, -0.25) is 4.98 Å². The first-order valence-electron chi connectivity index (χ1n) is 9.31. The Morgan fingerprint density at radius 1 is 0.867 bits per heavy atom. The Balaban J connectivity index is 1.84. The molecule has 0 N–H and O–H groups in total. The number of aromatic nitrogens is 2. The molecule has 4 aromatic rings. The Labute approximate surface area is 173 Å². The quantitative estimate of drug-likeness (QED) is 0.463. The van der Waals surface area contributed by atoms with Crippen molar-refractivity contribution in [1.82, 2.24) is 9.97 Å². The van der Waals surface area contributed by atoms with Crippen molar-refractivity contribution < 1.29 is 19.1 Å². The van der Waals surface area contributed by atoms with E-state index < -0.39 is 11.9 Å². The number of ether oxygens (including phenoxy) is 2. The summed E-state index contributed by atoms with van der Waals surface area (Å²) >= 11 is 0. The molecular weight excluding hydrogens is 380 g/mol. The molecule has 0 unspecified atom stereocenters. The van der Waals surface area contributed by atoms with E-state index in [1.54, 1.807) is 12.1 Å². The van der Waals surface area contributed by atoms with Crippen LogP contribution >= 0.6 is 0 Å². The Morgan fingerprint density at radius 3 is 2.30 bits per heavy atom. The van der Waals surface area contributed by atoms with Gasteiger partial charge in [-0.05, 0) is 23.8 Å². The van der Waals surface area contributed by atoms with E-state index in [-0.39, 0.29) is 12.2 Å². The van der Waals surface area contributed by atoms with Crippen LogP contribution in [0.2, 0.25) is 0 Å². The van der Waals surface area contributed by atoms with Crippen LogP contribution in [0.1, 0.15) is 26.4 Å². The summed E-state index contributed by atoms with van der Waals surface area (Å²) in [6.07, 6.45) is 3.02. The van der Waals surface area contributed by atoms with Gasteiger partial charge >= 0.3 is 11.9 Å². The molecule has 6 heteroatoms. The second kappa shape index (κ2) is 8.53. The van der Waals surface area contributed by atoms with E-state index in [0.717, 1.165) is 10.9 Å². The van der Waals surface area contributed by atoms with E-state index >= 15 is 0 Å². The van der Waals surface area contributed by atoms with Gasteiger partial charge in [-0.15, -0.1) is 0 Å². The van der Waals surface area contributed by atoms with Crippen molar-refractivity contribution in [3.8, 4) is 11.1 Å². The molecule has 0 fully saturated rings. The summed E-state index contributed by atoms with van der Waals surface area (Å²) in [6.45, 7) is -0.170. The highest BCUT2D eigenvalue weighted by Crippen LogP contribution is 2.34. The molecular formula is C24H18N2O4. The monoisotopic (exact) mass is 398 g/mol. The standard InChI is InChI=1S/C24H18N2O4/c1-29-24(28)22-20(15-30-23(27)17-11-13-25-14-12-17)26-19-10-6-5-9-18(19)21(22)16-7-3-2-4-8-16/h2-14H,15H2,1H3. The van der Waals surface area contributed by atoms with Crippen LogP contribution in [-0.4, -0.2) is 29.0 Å². The molecule has 0 spiro atoms. The summed E-state index contributed by atoms with van der Waals surface area (Å²) in [5, 5.41) is 0.813. The van der Waals surface area contributed by atoms with Crippen molar-refractivity contribution >= 4 is 22.8 Å². The van der Waals surface area contributed by atoms with Crippen molar-refractivity contribution in [3.05, 3.63) is 95.9 Å². The van der Waals surface area contributed by atoms with Crippen molar-refractivity contribution in [1.29, 1.82) is 0 Å². The molecule has 0 aliphatic heterocycles. The number of nitrogens with zero attached hydrogens (tertiary/aromatic N) is 2. The summed E-state index contributed by atoms with van der Waals surface area (Å²) in [6, 6.07) is 20.2. The maximum atomic E-state index is 12.8. The van der Waals surface area contributed by atoms with Gasteiger partial charge in [-0.1, -0.05) is 48.5 Å². The lowest BCUT2D eigenvalue weighted by molar-refractivity contribution is 0.0456. The first-order valence-corrected chi connectivity index (χ1v) is 9.31. The molecule has 0 bridgehead atoms. The van der Waals surface area contributed by atoms with Crippen molar-refractivity contribution in [3.63, 3.8) is 0 Å². The Hall–Kier alpha value is -4.06. The minimum atomic E-state index is -0.540. The largest absolute Gasteiger partial charge is 0.465 e. The minimum absolute atomic E-state index is 0.170. The average molecular weight is 398 g/mol. The van der Waals surface area contributed by atoms with Crippen LogP contribution in [0.25, 0.3) is 22.0 Å². The Bertz CT molecular complexity index is 1210.